The number of aryl methyl sites for hydroxylation is 1. The SMILES string of the molecule is Cc1cccc(OCCC(=O)O[C@H](C)C(=O)Nc2ccc(F)cc2)c1. The maximum absolute atomic E-state index is 12.8. The van der Waals surface area contributed by atoms with Crippen molar-refractivity contribution >= 4 is 17.6 Å². The first kappa shape index (κ1) is 18.4. The molecule has 2 aromatic carbocycles. The van der Waals surface area contributed by atoms with E-state index in [2.05, 4.69) is 5.32 Å². The fraction of sp³-hybridized carbons (Fsp3) is 0.263. The van der Waals surface area contributed by atoms with Crippen molar-refractivity contribution in [3.05, 3.63) is 59.9 Å². The highest BCUT2D eigenvalue weighted by molar-refractivity contribution is 5.95. The van der Waals surface area contributed by atoms with Crippen molar-refractivity contribution in [2.75, 3.05) is 11.9 Å². The van der Waals surface area contributed by atoms with Crippen LogP contribution in [0.3, 0.4) is 0 Å². The van der Waals surface area contributed by atoms with Gasteiger partial charge in [-0.3, -0.25) is 9.59 Å². The molecule has 25 heavy (non-hydrogen) atoms. The maximum Gasteiger partial charge on any atom is 0.310 e. The van der Waals surface area contributed by atoms with Gasteiger partial charge in [0.1, 0.15) is 11.6 Å². The number of nitrogens with one attached hydrogen (secondary N) is 1. The average Bonchev–Trinajstić information content (AvgIpc) is 2.57. The quantitative estimate of drug-likeness (QED) is 0.781. The van der Waals surface area contributed by atoms with Crippen molar-refractivity contribution in [2.24, 2.45) is 0 Å². The topological polar surface area (TPSA) is 64.6 Å². The van der Waals surface area contributed by atoms with Crippen LogP contribution in [-0.2, 0) is 14.3 Å². The third kappa shape index (κ3) is 6.25. The van der Waals surface area contributed by atoms with E-state index in [1.165, 1.54) is 31.2 Å². The Hall–Kier alpha value is -2.89. The third-order valence-corrected chi connectivity index (χ3v) is 3.35. The molecule has 0 unspecified atom stereocenters. The summed E-state index contributed by atoms with van der Waals surface area (Å²) in [5, 5.41) is 2.55. The van der Waals surface area contributed by atoms with Crippen LogP contribution in [0.25, 0.3) is 0 Å². The Morgan fingerprint density at radius 2 is 1.88 bits per heavy atom. The summed E-state index contributed by atoms with van der Waals surface area (Å²) in [6.45, 7) is 3.58. The van der Waals surface area contributed by atoms with Gasteiger partial charge >= 0.3 is 5.97 Å². The summed E-state index contributed by atoms with van der Waals surface area (Å²) in [4.78, 5) is 23.7. The molecule has 1 N–H and O–H groups in total. The highest BCUT2D eigenvalue weighted by atomic mass is 19.1. The van der Waals surface area contributed by atoms with Crippen molar-refractivity contribution in [1.29, 1.82) is 0 Å². The monoisotopic (exact) mass is 345 g/mol. The Balaban J connectivity index is 1.73. The first-order valence-corrected chi connectivity index (χ1v) is 7.89. The Bertz CT molecular complexity index is 730. The van der Waals surface area contributed by atoms with Crippen LogP contribution < -0.4 is 10.1 Å². The standard InChI is InChI=1S/C19H20FNO4/c1-13-4-3-5-17(12-13)24-11-10-18(22)25-14(2)19(23)21-16-8-6-15(20)7-9-16/h3-9,12,14H,10-11H2,1-2H3,(H,21,23)/t14-/m1/s1. The minimum atomic E-state index is -0.962. The van der Waals surface area contributed by atoms with Crippen LogP contribution in [0.15, 0.2) is 48.5 Å². The molecule has 1 atom stereocenters. The number of rotatable bonds is 7. The number of amides is 1. The maximum atomic E-state index is 12.8. The van der Waals surface area contributed by atoms with Crippen LogP contribution in [-0.4, -0.2) is 24.6 Å². The van der Waals surface area contributed by atoms with Crippen LogP contribution in [0.4, 0.5) is 10.1 Å². The van der Waals surface area contributed by atoms with Gasteiger partial charge in [0.25, 0.3) is 5.91 Å². The molecular weight excluding hydrogens is 325 g/mol. The minimum Gasteiger partial charge on any atom is -0.493 e. The first-order valence-electron chi connectivity index (χ1n) is 7.89. The molecule has 2 aromatic rings. The number of benzene rings is 2. The third-order valence-electron chi connectivity index (χ3n) is 3.35. The summed E-state index contributed by atoms with van der Waals surface area (Å²) in [6.07, 6.45) is -0.932. The minimum absolute atomic E-state index is 0.0299. The number of carbonyl (C=O) groups is 2. The molecule has 1 amide bonds. The lowest BCUT2D eigenvalue weighted by molar-refractivity contribution is -0.153. The molecule has 0 aromatic heterocycles. The highest BCUT2D eigenvalue weighted by Crippen LogP contribution is 2.13. The molecule has 0 bridgehead atoms. The van der Waals surface area contributed by atoms with Crippen LogP contribution in [0.5, 0.6) is 5.75 Å². The van der Waals surface area contributed by atoms with Crippen molar-refractivity contribution in [3.63, 3.8) is 0 Å². The number of hydrogen-bond acceptors (Lipinski definition) is 4. The first-order chi connectivity index (χ1) is 11.9. The molecule has 0 radical (unpaired) electrons. The number of ether oxygens (including phenoxy) is 2. The van der Waals surface area contributed by atoms with Gasteiger partial charge in [-0.05, 0) is 55.8 Å². The van der Waals surface area contributed by atoms with E-state index < -0.39 is 23.8 Å². The Morgan fingerprint density at radius 1 is 1.16 bits per heavy atom. The number of hydrogen-bond donors (Lipinski definition) is 1. The number of esters is 1. The molecule has 5 nitrogen and oxygen atoms in total. The van der Waals surface area contributed by atoms with Gasteiger partial charge in [0.05, 0.1) is 13.0 Å². The smallest absolute Gasteiger partial charge is 0.310 e. The van der Waals surface area contributed by atoms with Crippen molar-refractivity contribution in [1.82, 2.24) is 0 Å². The van der Waals surface area contributed by atoms with Crippen LogP contribution in [0.2, 0.25) is 0 Å². The molecule has 132 valence electrons. The largest absolute Gasteiger partial charge is 0.493 e. The van der Waals surface area contributed by atoms with Gasteiger partial charge in [0.15, 0.2) is 6.10 Å². The fourth-order valence-corrected chi connectivity index (χ4v) is 2.04. The fourth-order valence-electron chi connectivity index (χ4n) is 2.04. The second-order valence-corrected chi connectivity index (χ2v) is 5.54. The number of carbonyl (C=O) groups excluding carboxylic acids is 2. The van der Waals surface area contributed by atoms with Gasteiger partial charge in [-0.25, -0.2) is 4.39 Å². The molecule has 6 heteroatoms. The van der Waals surface area contributed by atoms with E-state index in [1.807, 2.05) is 25.1 Å². The Labute approximate surface area is 145 Å². The predicted molar refractivity (Wildman–Crippen MR) is 91.9 cm³/mol. The molecule has 2 rings (SSSR count). The van der Waals surface area contributed by atoms with Crippen molar-refractivity contribution in [3.8, 4) is 5.75 Å². The van der Waals surface area contributed by atoms with Gasteiger partial charge in [-0.1, -0.05) is 12.1 Å². The lowest BCUT2D eigenvalue weighted by atomic mass is 10.2. The van der Waals surface area contributed by atoms with Gasteiger partial charge in [-0.15, -0.1) is 0 Å². The van der Waals surface area contributed by atoms with E-state index in [-0.39, 0.29) is 13.0 Å². The van der Waals surface area contributed by atoms with E-state index in [9.17, 15) is 14.0 Å². The summed E-state index contributed by atoms with van der Waals surface area (Å²) >= 11 is 0. The van der Waals surface area contributed by atoms with Crippen LogP contribution in [0.1, 0.15) is 18.9 Å². The van der Waals surface area contributed by atoms with Gasteiger partial charge in [0, 0.05) is 5.69 Å². The zero-order valence-electron chi connectivity index (χ0n) is 14.1. The number of anilines is 1. The number of halogens is 1. The van der Waals surface area contributed by atoms with Gasteiger partial charge in [-0.2, -0.15) is 0 Å². The van der Waals surface area contributed by atoms with Crippen LogP contribution >= 0.6 is 0 Å². The van der Waals surface area contributed by atoms with E-state index in [1.54, 1.807) is 6.07 Å². The summed E-state index contributed by atoms with van der Waals surface area (Å²) < 4.78 is 23.4. The van der Waals surface area contributed by atoms with Crippen molar-refractivity contribution < 1.29 is 23.5 Å². The van der Waals surface area contributed by atoms with E-state index in [0.717, 1.165) is 5.56 Å². The van der Waals surface area contributed by atoms with Crippen LogP contribution in [0, 0.1) is 12.7 Å². The molecule has 0 saturated heterocycles. The molecule has 0 aliphatic heterocycles. The second-order valence-electron chi connectivity index (χ2n) is 5.54. The Kier molecular flexibility index (Phi) is 6.51. The molecule has 0 fully saturated rings. The van der Waals surface area contributed by atoms with E-state index >= 15 is 0 Å². The summed E-state index contributed by atoms with van der Waals surface area (Å²) in [5.41, 5.74) is 1.49. The summed E-state index contributed by atoms with van der Waals surface area (Å²) in [6, 6.07) is 12.8. The Morgan fingerprint density at radius 3 is 2.56 bits per heavy atom. The predicted octanol–water partition coefficient (Wildman–Crippen LogP) is 3.47. The molecule has 0 aliphatic carbocycles. The van der Waals surface area contributed by atoms with Crippen molar-refractivity contribution in [2.45, 2.75) is 26.4 Å². The van der Waals surface area contributed by atoms with E-state index in [0.29, 0.717) is 11.4 Å². The molecule has 0 spiro atoms. The average molecular weight is 345 g/mol. The highest BCUT2D eigenvalue weighted by Gasteiger charge is 2.18. The van der Waals surface area contributed by atoms with E-state index in [4.69, 9.17) is 9.47 Å². The summed E-state index contributed by atoms with van der Waals surface area (Å²) in [7, 11) is 0. The zero-order valence-corrected chi connectivity index (χ0v) is 14.1. The zero-order chi connectivity index (χ0) is 18.2. The summed E-state index contributed by atoms with van der Waals surface area (Å²) in [5.74, 6) is -0.741. The normalized spacial score (nSPS) is 11.5. The van der Waals surface area contributed by atoms with Gasteiger partial charge in [0.2, 0.25) is 0 Å². The molecule has 0 heterocycles. The lowest BCUT2D eigenvalue weighted by Crippen LogP contribution is -2.30. The molecule has 0 saturated carbocycles. The molecular formula is C19H20FNO4. The molecule has 0 aliphatic rings. The lowest BCUT2D eigenvalue weighted by Gasteiger charge is -2.14. The van der Waals surface area contributed by atoms with Gasteiger partial charge < -0.3 is 14.8 Å². The second kappa shape index (κ2) is 8.82.